The quantitative estimate of drug-likeness (QED) is 0.380. The lowest BCUT2D eigenvalue weighted by molar-refractivity contribution is -0.119. The number of benzene rings is 3. The average Bonchev–Trinajstić information content (AvgIpc) is 2.86. The van der Waals surface area contributed by atoms with Gasteiger partial charge in [-0.3, -0.25) is 9.10 Å². The van der Waals surface area contributed by atoms with E-state index in [1.807, 2.05) is 6.92 Å². The van der Waals surface area contributed by atoms with Crippen molar-refractivity contribution in [3.63, 3.8) is 0 Å². The number of nitrogens with two attached hydrogens (primary N) is 1. The van der Waals surface area contributed by atoms with Gasteiger partial charge in [0.05, 0.1) is 21.7 Å². The highest BCUT2D eigenvalue weighted by molar-refractivity contribution is 7.92. The number of aromatic carboxylic acids is 1. The summed E-state index contributed by atoms with van der Waals surface area (Å²) in [6, 6.07) is 17.6. The monoisotopic (exact) mass is 497 g/mol. The van der Waals surface area contributed by atoms with E-state index < -0.39 is 34.4 Å². The maximum absolute atomic E-state index is 13.5. The van der Waals surface area contributed by atoms with E-state index in [1.165, 1.54) is 48.5 Å². The summed E-state index contributed by atoms with van der Waals surface area (Å²) in [5.74, 6) is 2.32. The average molecular weight is 498 g/mol. The van der Waals surface area contributed by atoms with E-state index in [-0.39, 0.29) is 28.3 Å². The van der Waals surface area contributed by atoms with Gasteiger partial charge in [-0.25, -0.2) is 18.0 Å². The van der Waals surface area contributed by atoms with Gasteiger partial charge in [0.1, 0.15) is 6.54 Å². The summed E-state index contributed by atoms with van der Waals surface area (Å²) in [7, 11) is -4.20. The topological polar surface area (TPSA) is 156 Å². The van der Waals surface area contributed by atoms with Gasteiger partial charge in [-0.05, 0) is 55.0 Å². The summed E-state index contributed by atoms with van der Waals surface area (Å²) in [5.41, 5.74) is 1.49. The van der Waals surface area contributed by atoms with Crippen molar-refractivity contribution in [2.24, 2.45) is 5.90 Å². The number of rotatable bonds is 9. The number of hydrogen-bond acceptors (Lipinski definition) is 7. The van der Waals surface area contributed by atoms with E-state index in [0.717, 1.165) is 9.87 Å². The number of nitrogens with one attached hydrogen (secondary N) is 1. The molecule has 0 fully saturated rings. The van der Waals surface area contributed by atoms with Crippen LogP contribution in [-0.4, -0.2) is 37.9 Å². The van der Waals surface area contributed by atoms with Gasteiger partial charge in [0.2, 0.25) is 5.91 Å². The second kappa shape index (κ2) is 10.8. The van der Waals surface area contributed by atoms with Gasteiger partial charge in [0.15, 0.2) is 0 Å². The van der Waals surface area contributed by atoms with E-state index in [2.05, 4.69) is 10.2 Å². The summed E-state index contributed by atoms with van der Waals surface area (Å²) in [4.78, 5) is 40.0. The van der Waals surface area contributed by atoms with E-state index in [9.17, 15) is 22.8 Å². The van der Waals surface area contributed by atoms with Crippen LogP contribution in [0.25, 0.3) is 0 Å². The fourth-order valence-electron chi connectivity index (χ4n) is 3.21. The van der Waals surface area contributed by atoms with Crippen LogP contribution in [0.5, 0.6) is 0 Å². The molecule has 11 heteroatoms. The number of sulfonamides is 1. The van der Waals surface area contributed by atoms with Gasteiger partial charge >= 0.3 is 11.9 Å². The standard InChI is InChI=1S/C24H23N3O7S/c1-16-8-10-21(11-9-16)35(32,33)27(20-7-3-6-19(13-20)24(31)34-25)15-22(28)26-14-17-4-2-5-18(12-17)23(29)30/h2-13H,14-15,25H2,1H3,(H,26,28)(H,29,30). The molecule has 0 unspecified atom stereocenters. The molecule has 0 atom stereocenters. The Kier molecular flexibility index (Phi) is 7.84. The van der Waals surface area contributed by atoms with Crippen LogP contribution in [0.1, 0.15) is 31.8 Å². The molecule has 0 aliphatic rings. The lowest BCUT2D eigenvalue weighted by Gasteiger charge is -2.24. The molecule has 3 rings (SSSR count). The van der Waals surface area contributed by atoms with Crippen molar-refractivity contribution in [2.45, 2.75) is 18.4 Å². The number of anilines is 1. The minimum absolute atomic E-state index is 0.0000000921. The number of carboxylic acid groups (broad SMARTS) is 1. The predicted molar refractivity (Wildman–Crippen MR) is 127 cm³/mol. The maximum Gasteiger partial charge on any atom is 0.356 e. The van der Waals surface area contributed by atoms with E-state index in [0.29, 0.717) is 5.56 Å². The Morgan fingerprint density at radius 1 is 0.971 bits per heavy atom. The number of carboxylic acids is 1. The van der Waals surface area contributed by atoms with Crippen LogP contribution < -0.4 is 15.5 Å². The SMILES string of the molecule is Cc1ccc(S(=O)(=O)N(CC(=O)NCc2cccc(C(=O)O)c2)c2cccc(C(=O)ON)c2)cc1. The first-order valence-electron chi connectivity index (χ1n) is 10.3. The van der Waals surface area contributed by atoms with Crippen LogP contribution in [0.15, 0.2) is 77.7 Å². The first kappa shape index (κ1) is 25.4. The van der Waals surface area contributed by atoms with Crippen molar-refractivity contribution in [1.82, 2.24) is 5.32 Å². The van der Waals surface area contributed by atoms with Crippen LogP contribution in [0.2, 0.25) is 0 Å². The van der Waals surface area contributed by atoms with Crippen LogP contribution in [0.4, 0.5) is 5.69 Å². The van der Waals surface area contributed by atoms with Gasteiger partial charge in [0, 0.05) is 6.54 Å². The predicted octanol–water partition coefficient (Wildman–Crippen LogP) is 2.24. The zero-order valence-corrected chi connectivity index (χ0v) is 19.5. The van der Waals surface area contributed by atoms with Crippen molar-refractivity contribution in [1.29, 1.82) is 0 Å². The molecule has 0 aromatic heterocycles. The van der Waals surface area contributed by atoms with Crippen molar-refractivity contribution in [2.75, 3.05) is 10.8 Å². The highest BCUT2D eigenvalue weighted by atomic mass is 32.2. The summed E-state index contributed by atoms with van der Waals surface area (Å²) in [6.07, 6.45) is 0. The Bertz CT molecular complexity index is 1360. The molecule has 4 N–H and O–H groups in total. The number of carbonyl (C=O) groups is 3. The fourth-order valence-corrected chi connectivity index (χ4v) is 4.62. The molecule has 3 aromatic carbocycles. The second-order valence-electron chi connectivity index (χ2n) is 7.56. The Labute approximate surface area is 201 Å². The summed E-state index contributed by atoms with van der Waals surface area (Å²) in [5, 5.41) is 11.7. The molecule has 0 bridgehead atoms. The van der Waals surface area contributed by atoms with Gasteiger partial charge in [-0.1, -0.05) is 35.9 Å². The van der Waals surface area contributed by atoms with Crippen LogP contribution in [0, 0.1) is 6.92 Å². The van der Waals surface area contributed by atoms with Gasteiger partial charge in [-0.15, -0.1) is 0 Å². The lowest BCUT2D eigenvalue weighted by atomic mass is 10.1. The van der Waals surface area contributed by atoms with Crippen molar-refractivity contribution < 1.29 is 32.7 Å². The molecule has 0 spiro atoms. The molecule has 0 aliphatic carbocycles. The third-order valence-corrected chi connectivity index (χ3v) is 6.82. The Hall–Kier alpha value is -4.22. The molecule has 0 saturated heterocycles. The van der Waals surface area contributed by atoms with Gasteiger partial charge in [-0.2, -0.15) is 5.90 Å². The number of carbonyl (C=O) groups excluding carboxylic acids is 2. The largest absolute Gasteiger partial charge is 0.478 e. The smallest absolute Gasteiger partial charge is 0.356 e. The molecular formula is C24H23N3O7S. The molecule has 182 valence electrons. The normalized spacial score (nSPS) is 10.9. The number of aryl methyl sites for hydroxylation is 1. The third-order valence-electron chi connectivity index (χ3n) is 5.04. The summed E-state index contributed by atoms with van der Waals surface area (Å²) >= 11 is 0. The zero-order chi connectivity index (χ0) is 25.6. The molecule has 0 radical (unpaired) electrons. The highest BCUT2D eigenvalue weighted by Crippen LogP contribution is 2.25. The zero-order valence-electron chi connectivity index (χ0n) is 18.7. The third kappa shape index (κ3) is 6.22. The second-order valence-corrected chi connectivity index (χ2v) is 9.42. The van der Waals surface area contributed by atoms with E-state index in [1.54, 1.807) is 24.3 Å². The van der Waals surface area contributed by atoms with Crippen LogP contribution >= 0.6 is 0 Å². The minimum atomic E-state index is -4.20. The Morgan fingerprint density at radius 2 is 1.63 bits per heavy atom. The molecule has 0 heterocycles. The first-order valence-corrected chi connectivity index (χ1v) is 11.8. The van der Waals surface area contributed by atoms with Gasteiger partial charge < -0.3 is 15.3 Å². The molecular weight excluding hydrogens is 474 g/mol. The molecule has 0 saturated carbocycles. The van der Waals surface area contributed by atoms with Gasteiger partial charge in [0.25, 0.3) is 10.0 Å². The Balaban J connectivity index is 1.90. The number of amides is 1. The van der Waals surface area contributed by atoms with E-state index in [4.69, 9.17) is 11.0 Å². The van der Waals surface area contributed by atoms with Crippen molar-refractivity contribution in [3.8, 4) is 0 Å². The molecule has 1 amide bonds. The molecule has 0 aliphatic heterocycles. The van der Waals surface area contributed by atoms with Crippen molar-refractivity contribution >= 4 is 33.6 Å². The summed E-state index contributed by atoms with van der Waals surface area (Å²) in [6.45, 7) is 1.19. The minimum Gasteiger partial charge on any atom is -0.478 e. The number of nitrogens with zero attached hydrogens (tertiary/aromatic N) is 1. The Morgan fingerprint density at radius 3 is 2.29 bits per heavy atom. The summed E-state index contributed by atoms with van der Waals surface area (Å²) < 4.78 is 27.8. The molecule has 10 nitrogen and oxygen atoms in total. The lowest BCUT2D eigenvalue weighted by Crippen LogP contribution is -2.40. The molecule has 35 heavy (non-hydrogen) atoms. The van der Waals surface area contributed by atoms with Crippen LogP contribution in [-0.2, 0) is 26.2 Å². The number of hydrogen-bond donors (Lipinski definition) is 3. The first-order chi connectivity index (χ1) is 16.6. The highest BCUT2D eigenvalue weighted by Gasteiger charge is 2.28. The van der Waals surface area contributed by atoms with E-state index >= 15 is 0 Å². The van der Waals surface area contributed by atoms with Crippen LogP contribution in [0.3, 0.4) is 0 Å². The maximum atomic E-state index is 13.5. The fraction of sp³-hybridized carbons (Fsp3) is 0.125. The van der Waals surface area contributed by atoms with Crippen molar-refractivity contribution in [3.05, 3.63) is 95.1 Å². The molecule has 3 aromatic rings.